The van der Waals surface area contributed by atoms with Gasteiger partial charge >= 0.3 is 12.0 Å². The fraction of sp³-hybridized carbons (Fsp3) is 0.846. The number of carboxylic acid groups (broad SMARTS) is 1. The maximum atomic E-state index is 11.8. The van der Waals surface area contributed by atoms with Crippen molar-refractivity contribution in [1.29, 1.82) is 0 Å². The van der Waals surface area contributed by atoms with Crippen molar-refractivity contribution in [3.05, 3.63) is 0 Å². The summed E-state index contributed by atoms with van der Waals surface area (Å²) in [5.74, 6) is -1.05. The van der Waals surface area contributed by atoms with Gasteiger partial charge in [-0.05, 0) is 32.9 Å². The van der Waals surface area contributed by atoms with Gasteiger partial charge in [-0.3, -0.25) is 0 Å². The SMILES string of the molecule is COCCC(NC(=O)NC(C)CN1CCCC1)C(=O)O. The summed E-state index contributed by atoms with van der Waals surface area (Å²) in [5.41, 5.74) is 0. The van der Waals surface area contributed by atoms with E-state index in [4.69, 9.17) is 9.84 Å². The number of nitrogens with zero attached hydrogens (tertiary/aromatic N) is 1. The first-order valence-corrected chi connectivity index (χ1v) is 7.04. The Kier molecular flexibility index (Phi) is 7.32. The minimum atomic E-state index is -1.05. The Hall–Kier alpha value is -1.34. The molecule has 7 heteroatoms. The van der Waals surface area contributed by atoms with Crippen molar-refractivity contribution in [1.82, 2.24) is 15.5 Å². The summed E-state index contributed by atoms with van der Waals surface area (Å²) in [6, 6.07) is -1.38. The van der Waals surface area contributed by atoms with Crippen molar-refractivity contribution < 1.29 is 19.4 Å². The van der Waals surface area contributed by atoms with E-state index in [1.807, 2.05) is 6.92 Å². The van der Waals surface area contributed by atoms with Gasteiger partial charge in [-0.1, -0.05) is 0 Å². The van der Waals surface area contributed by atoms with Crippen molar-refractivity contribution in [3.63, 3.8) is 0 Å². The number of hydrogen-bond donors (Lipinski definition) is 3. The minimum absolute atomic E-state index is 0.00929. The van der Waals surface area contributed by atoms with Crippen molar-refractivity contribution in [2.75, 3.05) is 33.4 Å². The molecule has 1 aliphatic heterocycles. The Balaban J connectivity index is 2.30. The number of carboxylic acids is 1. The van der Waals surface area contributed by atoms with E-state index in [9.17, 15) is 9.59 Å². The van der Waals surface area contributed by atoms with Crippen LogP contribution in [0.3, 0.4) is 0 Å². The van der Waals surface area contributed by atoms with E-state index in [-0.39, 0.29) is 12.5 Å². The predicted molar refractivity (Wildman–Crippen MR) is 74.7 cm³/mol. The van der Waals surface area contributed by atoms with Gasteiger partial charge in [0.25, 0.3) is 0 Å². The monoisotopic (exact) mass is 287 g/mol. The Morgan fingerprint density at radius 2 is 1.95 bits per heavy atom. The van der Waals surface area contributed by atoms with Crippen LogP contribution in [-0.4, -0.2) is 67.4 Å². The number of nitrogens with one attached hydrogen (secondary N) is 2. The zero-order chi connectivity index (χ0) is 15.0. The molecule has 1 aliphatic rings. The molecule has 0 spiro atoms. The molecule has 0 aromatic rings. The van der Waals surface area contributed by atoms with Gasteiger partial charge in [-0.25, -0.2) is 9.59 Å². The molecule has 2 unspecified atom stereocenters. The molecule has 1 rings (SSSR count). The van der Waals surface area contributed by atoms with Crippen LogP contribution in [0.4, 0.5) is 4.79 Å². The molecule has 3 N–H and O–H groups in total. The summed E-state index contributed by atoms with van der Waals surface area (Å²) >= 11 is 0. The number of carbonyl (C=O) groups excluding carboxylic acids is 1. The van der Waals surface area contributed by atoms with E-state index >= 15 is 0 Å². The van der Waals surface area contributed by atoms with Crippen LogP contribution in [0.2, 0.25) is 0 Å². The van der Waals surface area contributed by atoms with Crippen LogP contribution in [-0.2, 0) is 9.53 Å². The molecule has 2 amide bonds. The molecular formula is C13H25N3O4. The van der Waals surface area contributed by atoms with Gasteiger partial charge < -0.3 is 25.4 Å². The average Bonchev–Trinajstić information content (AvgIpc) is 2.86. The molecule has 0 bridgehead atoms. The number of aliphatic carboxylic acids is 1. The lowest BCUT2D eigenvalue weighted by atomic mass is 10.2. The Morgan fingerprint density at radius 3 is 2.50 bits per heavy atom. The highest BCUT2D eigenvalue weighted by atomic mass is 16.5. The Morgan fingerprint density at radius 1 is 1.30 bits per heavy atom. The van der Waals surface area contributed by atoms with Gasteiger partial charge in [0.1, 0.15) is 6.04 Å². The van der Waals surface area contributed by atoms with Gasteiger partial charge in [0.2, 0.25) is 0 Å². The maximum absolute atomic E-state index is 11.8. The first kappa shape index (κ1) is 16.7. The second-order valence-electron chi connectivity index (χ2n) is 5.20. The zero-order valence-electron chi connectivity index (χ0n) is 12.2. The predicted octanol–water partition coefficient (Wildman–Crippen LogP) is 0.260. The summed E-state index contributed by atoms with van der Waals surface area (Å²) in [5, 5.41) is 14.2. The number of methoxy groups -OCH3 is 1. The van der Waals surface area contributed by atoms with E-state index in [2.05, 4.69) is 15.5 Å². The van der Waals surface area contributed by atoms with E-state index < -0.39 is 18.0 Å². The van der Waals surface area contributed by atoms with Gasteiger partial charge in [0, 0.05) is 32.7 Å². The average molecular weight is 287 g/mol. The molecule has 0 aliphatic carbocycles. The van der Waals surface area contributed by atoms with Gasteiger partial charge in [-0.15, -0.1) is 0 Å². The zero-order valence-corrected chi connectivity index (χ0v) is 12.2. The molecule has 0 aromatic carbocycles. The highest BCUT2D eigenvalue weighted by molar-refractivity contribution is 5.82. The third-order valence-corrected chi connectivity index (χ3v) is 3.32. The quantitative estimate of drug-likeness (QED) is 0.596. The Bertz CT molecular complexity index is 319. The lowest BCUT2D eigenvalue weighted by Gasteiger charge is -2.22. The van der Waals surface area contributed by atoms with Crippen LogP contribution in [0.15, 0.2) is 0 Å². The summed E-state index contributed by atoms with van der Waals surface area (Å²) in [7, 11) is 1.50. The molecule has 0 saturated carbocycles. The first-order valence-electron chi connectivity index (χ1n) is 7.04. The molecule has 1 fully saturated rings. The number of rotatable bonds is 8. The van der Waals surface area contributed by atoms with Gasteiger partial charge in [-0.2, -0.15) is 0 Å². The molecule has 20 heavy (non-hydrogen) atoms. The first-order chi connectivity index (χ1) is 9.52. The fourth-order valence-corrected chi connectivity index (χ4v) is 2.31. The van der Waals surface area contributed by atoms with Crippen LogP contribution in [0, 0.1) is 0 Å². The number of ether oxygens (including phenoxy) is 1. The third-order valence-electron chi connectivity index (χ3n) is 3.32. The topological polar surface area (TPSA) is 90.9 Å². The second kappa shape index (κ2) is 8.76. The third kappa shape index (κ3) is 6.21. The van der Waals surface area contributed by atoms with Gasteiger partial charge in [0.05, 0.1) is 0 Å². The molecule has 2 atom stereocenters. The van der Waals surface area contributed by atoms with Crippen LogP contribution in [0.25, 0.3) is 0 Å². The van der Waals surface area contributed by atoms with Crippen LogP contribution >= 0.6 is 0 Å². The normalized spacial score (nSPS) is 18.5. The number of likely N-dealkylation sites (tertiary alicyclic amines) is 1. The highest BCUT2D eigenvalue weighted by Crippen LogP contribution is 2.07. The van der Waals surface area contributed by atoms with E-state index in [1.165, 1.54) is 20.0 Å². The summed E-state index contributed by atoms with van der Waals surface area (Å²) in [6.07, 6.45) is 2.66. The van der Waals surface area contributed by atoms with E-state index in [1.54, 1.807) is 0 Å². The summed E-state index contributed by atoms with van der Waals surface area (Å²) in [6.45, 7) is 5.14. The van der Waals surface area contributed by atoms with Gasteiger partial charge in [0.15, 0.2) is 0 Å². The minimum Gasteiger partial charge on any atom is -0.480 e. The fourth-order valence-electron chi connectivity index (χ4n) is 2.31. The lowest BCUT2D eigenvalue weighted by Crippen LogP contribution is -2.50. The molecule has 1 heterocycles. The standard InChI is InChI=1S/C13H25N3O4/c1-10(9-16-6-3-4-7-16)14-13(19)15-11(12(17)18)5-8-20-2/h10-11H,3-9H2,1-2H3,(H,17,18)(H2,14,15,19). The maximum Gasteiger partial charge on any atom is 0.326 e. The molecule has 0 radical (unpaired) electrons. The summed E-state index contributed by atoms with van der Waals surface area (Å²) in [4.78, 5) is 25.1. The van der Waals surface area contributed by atoms with Crippen LogP contribution in [0.1, 0.15) is 26.2 Å². The largest absolute Gasteiger partial charge is 0.480 e. The van der Waals surface area contributed by atoms with E-state index in [0.29, 0.717) is 6.61 Å². The van der Waals surface area contributed by atoms with Crippen molar-refractivity contribution in [2.45, 2.75) is 38.3 Å². The van der Waals surface area contributed by atoms with E-state index in [0.717, 1.165) is 19.6 Å². The summed E-state index contributed by atoms with van der Waals surface area (Å²) < 4.78 is 4.83. The number of amides is 2. The van der Waals surface area contributed by atoms with Crippen LogP contribution in [0.5, 0.6) is 0 Å². The van der Waals surface area contributed by atoms with Crippen LogP contribution < -0.4 is 10.6 Å². The van der Waals surface area contributed by atoms with Crippen molar-refractivity contribution in [3.8, 4) is 0 Å². The lowest BCUT2D eigenvalue weighted by molar-refractivity contribution is -0.139. The highest BCUT2D eigenvalue weighted by Gasteiger charge is 2.21. The smallest absolute Gasteiger partial charge is 0.326 e. The number of carbonyl (C=O) groups is 2. The molecule has 0 aromatic heterocycles. The number of urea groups is 1. The second-order valence-corrected chi connectivity index (χ2v) is 5.20. The molecule has 116 valence electrons. The molecular weight excluding hydrogens is 262 g/mol. The van der Waals surface area contributed by atoms with Crippen molar-refractivity contribution >= 4 is 12.0 Å². The Labute approximate surface area is 119 Å². The van der Waals surface area contributed by atoms with Crippen molar-refractivity contribution in [2.24, 2.45) is 0 Å². The number of hydrogen-bond acceptors (Lipinski definition) is 4. The molecule has 7 nitrogen and oxygen atoms in total. The molecule has 1 saturated heterocycles.